The zero-order valence-electron chi connectivity index (χ0n) is 17.3. The first kappa shape index (κ1) is 18.6. The standard InChI is InChI=1S/C23H36O4/c1-15(24)22(25)11-10-20(2)16(14-22)4-5-17-18(20)6-8-21(3)19(17)7-9-23(21)26-12-13-27-23/h16-19,25H,4-14H2,1-3H3/t16-,17?,18?,19?,20-,21-,22?/m0/s1. The van der Waals surface area contributed by atoms with Crippen molar-refractivity contribution in [2.45, 2.75) is 89.9 Å². The Labute approximate surface area is 163 Å². The zero-order chi connectivity index (χ0) is 19.1. The van der Waals surface area contributed by atoms with E-state index in [1.807, 2.05) is 0 Å². The summed E-state index contributed by atoms with van der Waals surface area (Å²) in [4.78, 5) is 12.0. The van der Waals surface area contributed by atoms with Gasteiger partial charge in [0.1, 0.15) is 5.60 Å². The van der Waals surface area contributed by atoms with Gasteiger partial charge in [-0.2, -0.15) is 0 Å². The molecule has 1 aliphatic heterocycles. The Morgan fingerprint density at radius 2 is 1.63 bits per heavy atom. The molecule has 1 heterocycles. The average Bonchev–Trinajstić information content (AvgIpc) is 3.22. The second-order valence-electron chi connectivity index (χ2n) is 10.9. The lowest BCUT2D eigenvalue weighted by atomic mass is 9.44. The van der Waals surface area contributed by atoms with Crippen LogP contribution >= 0.6 is 0 Å². The largest absolute Gasteiger partial charge is 0.382 e. The van der Waals surface area contributed by atoms with E-state index in [-0.39, 0.29) is 22.4 Å². The summed E-state index contributed by atoms with van der Waals surface area (Å²) in [6.45, 7) is 7.99. The molecular formula is C23H36O4. The van der Waals surface area contributed by atoms with Crippen molar-refractivity contribution < 1.29 is 19.4 Å². The van der Waals surface area contributed by atoms with Gasteiger partial charge in [0.2, 0.25) is 0 Å². The van der Waals surface area contributed by atoms with Crippen molar-refractivity contribution in [2.75, 3.05) is 13.2 Å². The molecule has 0 aromatic carbocycles. The zero-order valence-corrected chi connectivity index (χ0v) is 17.3. The second kappa shape index (κ2) is 5.79. The molecular weight excluding hydrogens is 340 g/mol. The number of fused-ring (bicyclic) bond motifs is 6. The fourth-order valence-electron chi connectivity index (χ4n) is 8.45. The maximum absolute atomic E-state index is 12.0. The van der Waals surface area contributed by atoms with Crippen LogP contribution in [0.4, 0.5) is 0 Å². The minimum atomic E-state index is -1.07. The molecule has 4 nitrogen and oxygen atoms in total. The van der Waals surface area contributed by atoms with Gasteiger partial charge < -0.3 is 14.6 Å². The van der Waals surface area contributed by atoms with Crippen LogP contribution in [0.1, 0.15) is 78.6 Å². The Kier molecular flexibility index (Phi) is 3.99. The van der Waals surface area contributed by atoms with Crippen LogP contribution in [0.2, 0.25) is 0 Å². The molecule has 0 amide bonds. The molecule has 4 aliphatic carbocycles. The van der Waals surface area contributed by atoms with Crippen molar-refractivity contribution in [3.05, 3.63) is 0 Å². The van der Waals surface area contributed by atoms with Gasteiger partial charge in [-0.15, -0.1) is 0 Å². The van der Waals surface area contributed by atoms with Crippen LogP contribution in [-0.4, -0.2) is 35.5 Å². The molecule has 1 N–H and O–H groups in total. The molecule has 152 valence electrons. The summed E-state index contributed by atoms with van der Waals surface area (Å²) in [6.07, 6.45) is 9.46. The molecule has 27 heavy (non-hydrogen) atoms. The summed E-state index contributed by atoms with van der Waals surface area (Å²) in [6, 6.07) is 0. The van der Waals surface area contributed by atoms with E-state index in [1.54, 1.807) is 6.92 Å². The predicted octanol–water partition coefficient (Wildman–Crippen LogP) is 4.09. The number of carbonyl (C=O) groups excluding carboxylic acids is 1. The Bertz CT molecular complexity index is 640. The van der Waals surface area contributed by atoms with Gasteiger partial charge in [-0.25, -0.2) is 0 Å². The van der Waals surface area contributed by atoms with E-state index in [1.165, 1.54) is 25.7 Å². The highest BCUT2D eigenvalue weighted by molar-refractivity contribution is 5.84. The molecule has 0 aromatic heterocycles. The Morgan fingerprint density at radius 3 is 2.33 bits per heavy atom. The molecule has 4 saturated carbocycles. The van der Waals surface area contributed by atoms with Gasteiger partial charge in [-0.1, -0.05) is 13.8 Å². The monoisotopic (exact) mass is 376 g/mol. The van der Waals surface area contributed by atoms with E-state index in [4.69, 9.17) is 9.47 Å². The lowest BCUT2D eigenvalue weighted by Crippen LogP contribution is -2.59. The first-order valence-corrected chi connectivity index (χ1v) is 11.3. The minimum Gasteiger partial charge on any atom is -0.382 e. The van der Waals surface area contributed by atoms with Gasteiger partial charge in [-0.05, 0) is 87.4 Å². The van der Waals surface area contributed by atoms with Gasteiger partial charge in [0.15, 0.2) is 11.6 Å². The number of ketones is 1. The van der Waals surface area contributed by atoms with Crippen molar-refractivity contribution in [3.63, 3.8) is 0 Å². The smallest absolute Gasteiger partial charge is 0.174 e. The fraction of sp³-hybridized carbons (Fsp3) is 0.957. The third kappa shape index (κ3) is 2.30. The highest BCUT2D eigenvalue weighted by Crippen LogP contribution is 2.69. The van der Waals surface area contributed by atoms with Gasteiger partial charge in [0, 0.05) is 11.8 Å². The molecule has 0 bridgehead atoms. The molecule has 4 unspecified atom stereocenters. The number of aliphatic hydroxyl groups is 1. The molecule has 0 aromatic rings. The molecule has 7 atom stereocenters. The molecule has 5 aliphatic rings. The average molecular weight is 377 g/mol. The molecule has 4 heteroatoms. The van der Waals surface area contributed by atoms with Crippen LogP contribution in [-0.2, 0) is 14.3 Å². The Morgan fingerprint density at radius 1 is 0.926 bits per heavy atom. The van der Waals surface area contributed by atoms with Crippen LogP contribution in [0.3, 0.4) is 0 Å². The maximum Gasteiger partial charge on any atom is 0.174 e. The number of Topliss-reactive ketones (excluding diaryl/α,β-unsaturated/α-hetero) is 1. The van der Waals surface area contributed by atoms with Gasteiger partial charge >= 0.3 is 0 Å². The summed E-state index contributed by atoms with van der Waals surface area (Å²) >= 11 is 0. The molecule has 0 radical (unpaired) electrons. The Hall–Kier alpha value is -0.450. The number of hydrogen-bond donors (Lipinski definition) is 1. The second-order valence-corrected chi connectivity index (χ2v) is 10.9. The number of hydrogen-bond acceptors (Lipinski definition) is 4. The topological polar surface area (TPSA) is 55.8 Å². The fourth-order valence-corrected chi connectivity index (χ4v) is 8.45. The number of ether oxygens (including phenoxy) is 2. The van der Waals surface area contributed by atoms with Gasteiger partial charge in [0.05, 0.1) is 13.2 Å². The summed E-state index contributed by atoms with van der Waals surface area (Å²) in [5, 5.41) is 10.8. The summed E-state index contributed by atoms with van der Waals surface area (Å²) in [7, 11) is 0. The van der Waals surface area contributed by atoms with Crippen molar-refractivity contribution in [1.29, 1.82) is 0 Å². The van der Waals surface area contributed by atoms with Gasteiger partial charge in [0.25, 0.3) is 0 Å². The van der Waals surface area contributed by atoms with Crippen LogP contribution < -0.4 is 0 Å². The van der Waals surface area contributed by atoms with Crippen molar-refractivity contribution in [2.24, 2.45) is 34.5 Å². The molecule has 1 spiro atoms. The highest BCUT2D eigenvalue weighted by atomic mass is 16.7. The predicted molar refractivity (Wildman–Crippen MR) is 102 cm³/mol. The third-order valence-corrected chi connectivity index (χ3v) is 10.2. The quantitative estimate of drug-likeness (QED) is 0.749. The number of rotatable bonds is 1. The van der Waals surface area contributed by atoms with Crippen LogP contribution in [0.25, 0.3) is 0 Å². The van der Waals surface area contributed by atoms with E-state index in [2.05, 4.69) is 13.8 Å². The van der Waals surface area contributed by atoms with Crippen molar-refractivity contribution in [1.82, 2.24) is 0 Å². The maximum atomic E-state index is 12.0. The van der Waals surface area contributed by atoms with Crippen LogP contribution in [0, 0.1) is 34.5 Å². The summed E-state index contributed by atoms with van der Waals surface area (Å²) in [5.74, 6) is 2.31. The van der Waals surface area contributed by atoms with Crippen LogP contribution in [0.15, 0.2) is 0 Å². The lowest BCUT2D eigenvalue weighted by Gasteiger charge is -2.62. The number of carbonyl (C=O) groups is 1. The van der Waals surface area contributed by atoms with Crippen molar-refractivity contribution >= 4 is 5.78 Å². The highest BCUT2D eigenvalue weighted by Gasteiger charge is 2.67. The van der Waals surface area contributed by atoms with Gasteiger partial charge in [-0.3, -0.25) is 4.79 Å². The van der Waals surface area contributed by atoms with Crippen molar-refractivity contribution in [3.8, 4) is 0 Å². The molecule has 5 fully saturated rings. The first-order chi connectivity index (χ1) is 12.7. The minimum absolute atomic E-state index is 0.0313. The van der Waals surface area contributed by atoms with E-state index in [9.17, 15) is 9.90 Å². The van der Waals surface area contributed by atoms with E-state index >= 15 is 0 Å². The Balaban J connectivity index is 1.42. The van der Waals surface area contributed by atoms with E-state index in [0.717, 1.165) is 44.3 Å². The molecule has 5 rings (SSSR count). The summed E-state index contributed by atoms with van der Waals surface area (Å²) in [5.41, 5.74) is -0.634. The van der Waals surface area contributed by atoms with E-state index in [0.29, 0.717) is 24.7 Å². The van der Waals surface area contributed by atoms with E-state index < -0.39 is 5.60 Å². The summed E-state index contributed by atoms with van der Waals surface area (Å²) < 4.78 is 12.5. The third-order valence-electron chi connectivity index (χ3n) is 10.2. The normalized spacial score (nSPS) is 53.6. The lowest BCUT2D eigenvalue weighted by molar-refractivity contribution is -0.248. The van der Waals surface area contributed by atoms with Crippen LogP contribution in [0.5, 0.6) is 0 Å². The molecule has 1 saturated heterocycles. The SMILES string of the molecule is CC(=O)C1(O)CC[C@]2(C)C3CC[C@@]4(C)C(CCC45OCCO5)C3CC[C@H]2C1. The first-order valence-electron chi connectivity index (χ1n) is 11.3.